The minimum atomic E-state index is -1.17. The van der Waals surface area contributed by atoms with Crippen LogP contribution < -0.4 is 10.0 Å². The van der Waals surface area contributed by atoms with Gasteiger partial charge in [-0.1, -0.05) is 0 Å². The van der Waals surface area contributed by atoms with Crippen molar-refractivity contribution in [2.45, 2.75) is 6.92 Å². The van der Waals surface area contributed by atoms with Gasteiger partial charge in [0.1, 0.15) is 0 Å². The lowest BCUT2D eigenvalue weighted by atomic mass is 10.2. The molecular weight excluding hydrogens is 268 g/mol. The molecule has 1 aromatic carbocycles. The molecule has 20 heavy (non-hydrogen) atoms. The molecule has 0 aromatic heterocycles. The predicted molar refractivity (Wildman–Crippen MR) is 63.3 cm³/mol. The van der Waals surface area contributed by atoms with Crippen LogP contribution in [0.15, 0.2) is 35.6 Å². The molecule has 8 heteroatoms. The van der Waals surface area contributed by atoms with Gasteiger partial charge in [0, 0.05) is 12.1 Å². The van der Waals surface area contributed by atoms with Crippen LogP contribution in [-0.4, -0.2) is 22.5 Å². The molecule has 1 aliphatic rings. The minimum Gasteiger partial charge on any atom is -0.868 e. The smallest absolute Gasteiger partial charge is 0.269 e. The van der Waals surface area contributed by atoms with E-state index in [4.69, 9.17) is 0 Å². The number of nitro groups is 1. The summed E-state index contributed by atoms with van der Waals surface area (Å²) >= 11 is 0. The first kappa shape index (κ1) is 13.4. The minimum absolute atomic E-state index is 0.00444. The monoisotopic (exact) mass is 275 g/mol. The summed E-state index contributed by atoms with van der Waals surface area (Å²) in [7, 11) is 0. The zero-order valence-electron chi connectivity index (χ0n) is 10.2. The lowest BCUT2D eigenvalue weighted by Crippen LogP contribution is -2.33. The van der Waals surface area contributed by atoms with Gasteiger partial charge >= 0.3 is 0 Å². The molecule has 0 unspecified atom stereocenters. The Balaban J connectivity index is 2.41. The average molecular weight is 275 g/mol. The highest BCUT2D eigenvalue weighted by Crippen LogP contribution is 2.26. The Morgan fingerprint density at radius 1 is 1.15 bits per heavy atom. The van der Waals surface area contributed by atoms with Crippen LogP contribution in [0.5, 0.6) is 0 Å². The number of carbonyl (C=O) groups excluding carboxylic acids is 3. The second kappa shape index (κ2) is 4.57. The fraction of sp³-hybridized carbons (Fsp3) is 0.0833. The molecule has 1 aromatic rings. The van der Waals surface area contributed by atoms with E-state index in [2.05, 4.69) is 0 Å². The molecule has 1 aliphatic heterocycles. The Labute approximate surface area is 112 Å². The van der Waals surface area contributed by atoms with Crippen LogP contribution in [0.3, 0.4) is 0 Å². The van der Waals surface area contributed by atoms with Crippen molar-refractivity contribution in [1.29, 1.82) is 0 Å². The molecule has 1 heterocycles. The summed E-state index contributed by atoms with van der Waals surface area (Å²) in [5, 5.41) is 22.0. The maximum atomic E-state index is 11.9. The van der Waals surface area contributed by atoms with E-state index in [1.54, 1.807) is 0 Å². The Hall–Kier alpha value is -3.03. The summed E-state index contributed by atoms with van der Waals surface area (Å²) < 4.78 is 0. The van der Waals surface area contributed by atoms with Gasteiger partial charge < -0.3 is 5.11 Å². The van der Waals surface area contributed by atoms with Crippen LogP contribution in [0.4, 0.5) is 11.4 Å². The number of non-ortho nitro benzene ring substituents is 1. The summed E-state index contributed by atoms with van der Waals surface area (Å²) in [4.78, 5) is 45.2. The van der Waals surface area contributed by atoms with Crippen molar-refractivity contribution in [3.63, 3.8) is 0 Å². The molecule has 0 spiro atoms. The summed E-state index contributed by atoms with van der Waals surface area (Å²) in [6, 6.07) is 4.49. The van der Waals surface area contributed by atoms with Crippen molar-refractivity contribution in [2.24, 2.45) is 0 Å². The number of nitro benzene ring substituents is 1. The standard InChI is InChI=1S/C12H8N2O6/c1-6(15)9-10(16)12(18)13(11(9)17)7-2-4-8(5-3-7)14(19)20/h2-5,16H,1H3/p-1. The van der Waals surface area contributed by atoms with Gasteiger partial charge in [-0.3, -0.25) is 24.5 Å². The van der Waals surface area contributed by atoms with E-state index in [0.717, 1.165) is 31.2 Å². The molecule has 0 aliphatic carbocycles. The third kappa shape index (κ3) is 1.92. The van der Waals surface area contributed by atoms with Crippen LogP contribution in [0, 0.1) is 10.1 Å². The van der Waals surface area contributed by atoms with Crippen molar-refractivity contribution in [2.75, 3.05) is 4.90 Å². The largest absolute Gasteiger partial charge is 0.868 e. The second-order valence-corrected chi connectivity index (χ2v) is 3.98. The normalized spacial score (nSPS) is 14.9. The van der Waals surface area contributed by atoms with E-state index in [0.29, 0.717) is 4.90 Å². The highest BCUT2D eigenvalue weighted by molar-refractivity contribution is 6.40. The number of rotatable bonds is 3. The van der Waals surface area contributed by atoms with E-state index < -0.39 is 33.9 Å². The van der Waals surface area contributed by atoms with Crippen LogP contribution >= 0.6 is 0 Å². The number of hydrogen-bond acceptors (Lipinski definition) is 6. The third-order valence-electron chi connectivity index (χ3n) is 2.71. The van der Waals surface area contributed by atoms with E-state index >= 15 is 0 Å². The number of amides is 2. The van der Waals surface area contributed by atoms with Gasteiger partial charge in [-0.25, -0.2) is 4.90 Å². The number of benzene rings is 1. The Morgan fingerprint density at radius 2 is 1.70 bits per heavy atom. The maximum Gasteiger partial charge on any atom is 0.269 e. The first-order chi connectivity index (χ1) is 9.34. The number of anilines is 1. The number of hydrogen-bond donors (Lipinski definition) is 0. The Kier molecular flexibility index (Phi) is 3.07. The summed E-state index contributed by atoms with van der Waals surface area (Å²) in [5.74, 6) is -4.12. The number of nitrogens with zero attached hydrogens (tertiary/aromatic N) is 2. The van der Waals surface area contributed by atoms with Crippen molar-refractivity contribution in [3.8, 4) is 0 Å². The third-order valence-corrected chi connectivity index (χ3v) is 2.71. The number of ketones is 1. The average Bonchev–Trinajstić information content (AvgIpc) is 2.60. The maximum absolute atomic E-state index is 11.9. The van der Waals surface area contributed by atoms with Gasteiger partial charge in [0.2, 0.25) is 0 Å². The number of imide groups is 1. The zero-order chi connectivity index (χ0) is 15.0. The quantitative estimate of drug-likeness (QED) is 0.322. The second-order valence-electron chi connectivity index (χ2n) is 3.98. The molecule has 0 atom stereocenters. The fourth-order valence-electron chi connectivity index (χ4n) is 1.78. The number of Topliss-reactive ketones (excluding diaryl/α,β-unsaturated/α-hetero) is 1. The van der Waals surface area contributed by atoms with Crippen LogP contribution in [0.2, 0.25) is 0 Å². The molecule has 0 bridgehead atoms. The van der Waals surface area contributed by atoms with Gasteiger partial charge in [-0.15, -0.1) is 0 Å². The highest BCUT2D eigenvalue weighted by atomic mass is 16.6. The Morgan fingerprint density at radius 3 is 2.10 bits per heavy atom. The van der Waals surface area contributed by atoms with E-state index in [-0.39, 0.29) is 11.4 Å². The molecule has 0 N–H and O–H groups in total. The van der Waals surface area contributed by atoms with Crippen LogP contribution in [0.1, 0.15) is 6.92 Å². The van der Waals surface area contributed by atoms with Gasteiger partial charge in [-0.05, 0) is 24.8 Å². The summed E-state index contributed by atoms with van der Waals surface area (Å²) in [5.41, 5.74) is -0.932. The SMILES string of the molecule is CC(=O)C1=C([O-])C(=O)N(c2ccc([N+](=O)[O-])cc2)C1=O. The molecule has 8 nitrogen and oxygen atoms in total. The number of carbonyl (C=O) groups is 3. The first-order valence-corrected chi connectivity index (χ1v) is 5.40. The topological polar surface area (TPSA) is 121 Å². The lowest BCUT2D eigenvalue weighted by Gasteiger charge is -2.15. The summed E-state index contributed by atoms with van der Waals surface area (Å²) in [6.07, 6.45) is 0. The van der Waals surface area contributed by atoms with E-state index in [9.17, 15) is 29.6 Å². The van der Waals surface area contributed by atoms with Gasteiger partial charge in [-0.2, -0.15) is 0 Å². The van der Waals surface area contributed by atoms with E-state index in [1.807, 2.05) is 0 Å². The molecule has 0 saturated carbocycles. The Bertz CT molecular complexity index is 674. The van der Waals surface area contributed by atoms with Crippen molar-refractivity contribution in [1.82, 2.24) is 0 Å². The van der Waals surface area contributed by atoms with Gasteiger partial charge in [0.05, 0.1) is 16.2 Å². The predicted octanol–water partition coefficient (Wildman–Crippen LogP) is -0.329. The van der Waals surface area contributed by atoms with Crippen molar-refractivity contribution in [3.05, 3.63) is 45.7 Å². The molecule has 2 amide bonds. The van der Waals surface area contributed by atoms with Crippen LogP contribution in [0.25, 0.3) is 0 Å². The summed E-state index contributed by atoms with van der Waals surface area (Å²) in [6.45, 7) is 1.01. The zero-order valence-corrected chi connectivity index (χ0v) is 10.2. The lowest BCUT2D eigenvalue weighted by molar-refractivity contribution is -0.384. The highest BCUT2D eigenvalue weighted by Gasteiger charge is 2.36. The molecule has 102 valence electrons. The van der Waals surface area contributed by atoms with Gasteiger partial charge in [0.15, 0.2) is 5.78 Å². The molecular formula is C12H7N2O6-. The molecule has 0 fully saturated rings. The fourth-order valence-corrected chi connectivity index (χ4v) is 1.78. The molecule has 0 saturated heterocycles. The van der Waals surface area contributed by atoms with E-state index in [1.165, 1.54) is 0 Å². The van der Waals surface area contributed by atoms with Crippen molar-refractivity contribution >= 4 is 29.0 Å². The van der Waals surface area contributed by atoms with Crippen molar-refractivity contribution < 1.29 is 24.4 Å². The van der Waals surface area contributed by atoms with Gasteiger partial charge in [0.25, 0.3) is 17.5 Å². The molecule has 2 rings (SSSR count). The molecule has 0 radical (unpaired) electrons. The van der Waals surface area contributed by atoms with Crippen LogP contribution in [-0.2, 0) is 14.4 Å². The first-order valence-electron chi connectivity index (χ1n) is 5.40.